The van der Waals surface area contributed by atoms with Crippen molar-refractivity contribution >= 4 is 37.4 Å². The molecule has 6 heteroatoms. The zero-order chi connectivity index (χ0) is 13.0. The fourth-order valence-corrected chi connectivity index (χ4v) is 2.36. The van der Waals surface area contributed by atoms with Crippen molar-refractivity contribution in [2.45, 2.75) is 59.3 Å². The SMILES string of the molecule is CCCCOP(=O)(OCCCC)OCCCC.[Na]. The van der Waals surface area contributed by atoms with Crippen LogP contribution in [0.25, 0.3) is 0 Å². The number of rotatable bonds is 12. The van der Waals surface area contributed by atoms with Crippen molar-refractivity contribution in [2.24, 2.45) is 0 Å². The summed E-state index contributed by atoms with van der Waals surface area (Å²) in [7, 11) is -3.31. The van der Waals surface area contributed by atoms with Gasteiger partial charge in [0.05, 0.1) is 19.8 Å². The summed E-state index contributed by atoms with van der Waals surface area (Å²) in [6, 6.07) is 0. The molecule has 0 bridgehead atoms. The van der Waals surface area contributed by atoms with Gasteiger partial charge in [0.2, 0.25) is 0 Å². The van der Waals surface area contributed by atoms with E-state index in [0.29, 0.717) is 19.8 Å². The zero-order valence-corrected chi connectivity index (χ0v) is 15.3. The van der Waals surface area contributed by atoms with E-state index in [4.69, 9.17) is 13.6 Å². The summed E-state index contributed by atoms with van der Waals surface area (Å²) in [6.45, 7) is 7.49. The van der Waals surface area contributed by atoms with Crippen LogP contribution in [-0.2, 0) is 18.1 Å². The summed E-state index contributed by atoms with van der Waals surface area (Å²) in [6.07, 6.45) is 5.63. The molecule has 0 amide bonds. The van der Waals surface area contributed by atoms with Gasteiger partial charge in [0.25, 0.3) is 0 Å². The van der Waals surface area contributed by atoms with Gasteiger partial charge in [-0.15, -0.1) is 0 Å². The molecular weight excluding hydrogens is 262 g/mol. The average Bonchev–Trinajstić information content (AvgIpc) is 2.30. The first-order valence-corrected chi connectivity index (χ1v) is 8.18. The summed E-state index contributed by atoms with van der Waals surface area (Å²) in [5, 5.41) is 0. The second-order valence-electron chi connectivity index (χ2n) is 4.01. The number of phosphoric ester groups is 1. The van der Waals surface area contributed by atoms with Crippen LogP contribution < -0.4 is 0 Å². The monoisotopic (exact) mass is 289 g/mol. The van der Waals surface area contributed by atoms with Crippen LogP contribution in [-0.4, -0.2) is 49.4 Å². The summed E-state index contributed by atoms with van der Waals surface area (Å²) >= 11 is 0. The summed E-state index contributed by atoms with van der Waals surface area (Å²) < 4.78 is 28.0. The molecule has 0 rings (SSSR count). The van der Waals surface area contributed by atoms with Gasteiger partial charge in [0.15, 0.2) is 0 Å². The molecule has 0 fully saturated rings. The van der Waals surface area contributed by atoms with Gasteiger partial charge in [-0.25, -0.2) is 4.57 Å². The quantitative estimate of drug-likeness (QED) is 0.307. The molecule has 0 aromatic rings. The van der Waals surface area contributed by atoms with E-state index >= 15 is 0 Å². The number of hydrogen-bond donors (Lipinski definition) is 0. The molecule has 0 spiro atoms. The third kappa shape index (κ3) is 12.2. The fourth-order valence-electron chi connectivity index (χ4n) is 1.07. The van der Waals surface area contributed by atoms with Gasteiger partial charge in [0.1, 0.15) is 0 Å². The Morgan fingerprint density at radius 3 is 1.22 bits per heavy atom. The molecule has 0 aliphatic rings. The molecule has 0 N–H and O–H groups in total. The maximum Gasteiger partial charge on any atom is 0.474 e. The maximum absolute atomic E-state index is 12.2. The predicted octanol–water partition coefficient (Wildman–Crippen LogP) is 4.16. The van der Waals surface area contributed by atoms with E-state index in [1.807, 2.05) is 0 Å². The molecule has 1 radical (unpaired) electrons. The second-order valence-corrected chi connectivity index (χ2v) is 5.68. The smallest absolute Gasteiger partial charge is 0.287 e. The van der Waals surface area contributed by atoms with E-state index in [0.717, 1.165) is 38.5 Å². The summed E-state index contributed by atoms with van der Waals surface area (Å²) in [4.78, 5) is 0. The normalized spacial score (nSPS) is 11.3. The van der Waals surface area contributed by atoms with Crippen molar-refractivity contribution in [3.05, 3.63) is 0 Å². The standard InChI is InChI=1S/C12H27O4P.Na/c1-4-7-10-14-17(13,15-11-8-5-2)16-12-9-6-3;/h4-12H2,1-3H3;. The maximum atomic E-state index is 12.2. The molecule has 0 heterocycles. The van der Waals surface area contributed by atoms with E-state index in [-0.39, 0.29) is 29.6 Å². The van der Waals surface area contributed by atoms with Crippen LogP contribution in [0.3, 0.4) is 0 Å². The van der Waals surface area contributed by atoms with Crippen molar-refractivity contribution < 1.29 is 18.1 Å². The molecule has 105 valence electrons. The van der Waals surface area contributed by atoms with Crippen LogP contribution in [0.2, 0.25) is 0 Å². The Balaban J connectivity index is 0. The van der Waals surface area contributed by atoms with Gasteiger partial charge in [-0.1, -0.05) is 40.0 Å². The van der Waals surface area contributed by atoms with Crippen LogP contribution in [0.4, 0.5) is 0 Å². The fraction of sp³-hybridized carbons (Fsp3) is 1.00. The summed E-state index contributed by atoms with van der Waals surface area (Å²) in [5.74, 6) is 0. The molecule has 18 heavy (non-hydrogen) atoms. The number of phosphoric acid groups is 1. The van der Waals surface area contributed by atoms with Crippen LogP contribution >= 0.6 is 7.82 Å². The molecule has 0 aromatic carbocycles. The van der Waals surface area contributed by atoms with Crippen LogP contribution in [0, 0.1) is 0 Å². The summed E-state index contributed by atoms with van der Waals surface area (Å²) in [5.41, 5.74) is 0. The first-order valence-electron chi connectivity index (χ1n) is 6.72. The van der Waals surface area contributed by atoms with Crippen molar-refractivity contribution in [1.29, 1.82) is 0 Å². The van der Waals surface area contributed by atoms with Crippen molar-refractivity contribution in [3.63, 3.8) is 0 Å². The zero-order valence-electron chi connectivity index (χ0n) is 12.4. The predicted molar refractivity (Wildman–Crippen MR) is 75.9 cm³/mol. The first kappa shape index (κ1) is 21.4. The Labute approximate surface area is 134 Å². The average molecular weight is 289 g/mol. The Morgan fingerprint density at radius 2 is 1.00 bits per heavy atom. The Bertz CT molecular complexity index is 181. The van der Waals surface area contributed by atoms with Crippen molar-refractivity contribution in [1.82, 2.24) is 0 Å². The molecule has 0 aliphatic heterocycles. The van der Waals surface area contributed by atoms with Gasteiger partial charge < -0.3 is 0 Å². The molecule has 0 aliphatic carbocycles. The second kappa shape index (κ2) is 14.5. The Kier molecular flexibility index (Phi) is 17.3. The minimum atomic E-state index is -3.31. The van der Waals surface area contributed by atoms with E-state index in [2.05, 4.69) is 20.8 Å². The van der Waals surface area contributed by atoms with Gasteiger partial charge in [-0.2, -0.15) is 0 Å². The third-order valence-corrected chi connectivity index (χ3v) is 3.74. The molecular formula is C12H27NaO4P. The first-order chi connectivity index (χ1) is 8.18. The topological polar surface area (TPSA) is 44.8 Å². The largest absolute Gasteiger partial charge is 0.474 e. The minimum Gasteiger partial charge on any atom is -0.287 e. The van der Waals surface area contributed by atoms with Gasteiger partial charge in [-0.3, -0.25) is 13.6 Å². The van der Waals surface area contributed by atoms with Gasteiger partial charge >= 0.3 is 7.82 Å². The molecule has 0 aromatic heterocycles. The number of hydrogen-bond acceptors (Lipinski definition) is 4. The third-order valence-electron chi connectivity index (χ3n) is 2.24. The minimum absolute atomic E-state index is 0. The van der Waals surface area contributed by atoms with Crippen molar-refractivity contribution in [3.8, 4) is 0 Å². The van der Waals surface area contributed by atoms with Crippen LogP contribution in [0.1, 0.15) is 59.3 Å². The molecule has 0 unspecified atom stereocenters. The molecule has 0 saturated carbocycles. The van der Waals surface area contributed by atoms with E-state index in [1.54, 1.807) is 0 Å². The van der Waals surface area contributed by atoms with Crippen LogP contribution in [0.15, 0.2) is 0 Å². The molecule has 0 atom stereocenters. The number of unbranched alkanes of at least 4 members (excludes halogenated alkanes) is 3. The van der Waals surface area contributed by atoms with Gasteiger partial charge in [-0.05, 0) is 19.3 Å². The van der Waals surface area contributed by atoms with E-state index < -0.39 is 7.82 Å². The Hall–Kier alpha value is 1.11. The molecule has 0 saturated heterocycles. The van der Waals surface area contributed by atoms with Gasteiger partial charge in [0, 0.05) is 29.6 Å². The van der Waals surface area contributed by atoms with Crippen LogP contribution in [0.5, 0.6) is 0 Å². The molecule has 4 nitrogen and oxygen atoms in total. The van der Waals surface area contributed by atoms with E-state index in [9.17, 15) is 4.57 Å². The van der Waals surface area contributed by atoms with Crippen molar-refractivity contribution in [2.75, 3.05) is 19.8 Å². The van der Waals surface area contributed by atoms with E-state index in [1.165, 1.54) is 0 Å². The Morgan fingerprint density at radius 1 is 0.722 bits per heavy atom.